The molecule has 0 atom stereocenters. The second-order valence-electron chi connectivity index (χ2n) is 4.20. The van der Waals surface area contributed by atoms with E-state index in [1.807, 2.05) is 0 Å². The maximum Gasteiger partial charge on any atom is 0.227 e. The lowest BCUT2D eigenvalue weighted by Gasteiger charge is -2.12. The summed E-state index contributed by atoms with van der Waals surface area (Å²) in [5, 5.41) is 2.69. The van der Waals surface area contributed by atoms with E-state index in [1.54, 1.807) is 0 Å². The Balaban J connectivity index is 2.07. The summed E-state index contributed by atoms with van der Waals surface area (Å²) in [6.07, 6.45) is 4.02. The van der Waals surface area contributed by atoms with Crippen molar-refractivity contribution in [1.82, 2.24) is 0 Å². The first-order chi connectivity index (χ1) is 7.66. The van der Waals surface area contributed by atoms with Crippen molar-refractivity contribution in [2.75, 3.05) is 11.1 Å². The molecule has 1 amide bonds. The monoisotopic (exact) mass is 222 g/mol. The lowest BCUT2D eigenvalue weighted by atomic mass is 10.1. The van der Waals surface area contributed by atoms with Crippen molar-refractivity contribution in [2.24, 2.45) is 5.92 Å². The molecule has 1 aliphatic carbocycles. The molecule has 1 fully saturated rings. The predicted molar refractivity (Wildman–Crippen MR) is 61.4 cm³/mol. The van der Waals surface area contributed by atoms with Gasteiger partial charge < -0.3 is 11.1 Å². The molecule has 16 heavy (non-hydrogen) atoms. The highest BCUT2D eigenvalue weighted by Crippen LogP contribution is 2.27. The Morgan fingerprint density at radius 3 is 2.75 bits per heavy atom. The van der Waals surface area contributed by atoms with E-state index in [9.17, 15) is 9.18 Å². The third-order valence-corrected chi connectivity index (χ3v) is 3.00. The van der Waals surface area contributed by atoms with Gasteiger partial charge in [0.1, 0.15) is 5.82 Å². The number of nitrogens with one attached hydrogen (secondary N) is 1. The summed E-state index contributed by atoms with van der Waals surface area (Å²) in [6.45, 7) is 0. The highest BCUT2D eigenvalue weighted by Gasteiger charge is 2.23. The molecule has 0 heterocycles. The summed E-state index contributed by atoms with van der Waals surface area (Å²) >= 11 is 0. The standard InChI is InChI=1S/C12H15FN2O/c13-9-5-6-10(14)11(7-9)15-12(16)8-3-1-2-4-8/h5-8H,1-4,14H2,(H,15,16). The molecule has 86 valence electrons. The van der Waals surface area contributed by atoms with E-state index in [-0.39, 0.29) is 11.8 Å². The van der Waals surface area contributed by atoms with Crippen LogP contribution in [0.4, 0.5) is 15.8 Å². The van der Waals surface area contributed by atoms with Crippen molar-refractivity contribution in [3.05, 3.63) is 24.0 Å². The Labute approximate surface area is 93.8 Å². The zero-order chi connectivity index (χ0) is 11.5. The van der Waals surface area contributed by atoms with Crippen molar-refractivity contribution in [3.63, 3.8) is 0 Å². The predicted octanol–water partition coefficient (Wildman–Crippen LogP) is 2.54. The Hall–Kier alpha value is -1.58. The third-order valence-electron chi connectivity index (χ3n) is 3.00. The van der Waals surface area contributed by atoms with Crippen LogP contribution in [0.15, 0.2) is 18.2 Å². The number of halogens is 1. The summed E-state index contributed by atoms with van der Waals surface area (Å²) in [4.78, 5) is 11.8. The zero-order valence-electron chi connectivity index (χ0n) is 9.00. The van der Waals surface area contributed by atoms with Gasteiger partial charge >= 0.3 is 0 Å². The van der Waals surface area contributed by atoms with Crippen LogP contribution in [0.1, 0.15) is 25.7 Å². The molecule has 1 aromatic carbocycles. The molecule has 0 aliphatic heterocycles. The molecule has 0 saturated heterocycles. The maximum atomic E-state index is 13.0. The SMILES string of the molecule is Nc1ccc(F)cc1NC(=O)C1CCCC1. The number of nitrogen functional groups attached to an aromatic ring is 1. The number of hydrogen-bond acceptors (Lipinski definition) is 2. The molecule has 0 spiro atoms. The molecule has 0 aromatic heterocycles. The molecule has 1 saturated carbocycles. The smallest absolute Gasteiger partial charge is 0.227 e. The van der Waals surface area contributed by atoms with Crippen molar-refractivity contribution in [1.29, 1.82) is 0 Å². The van der Waals surface area contributed by atoms with Gasteiger partial charge in [0.15, 0.2) is 0 Å². The van der Waals surface area contributed by atoms with Gasteiger partial charge in [-0.2, -0.15) is 0 Å². The molecule has 4 heteroatoms. The number of carbonyl (C=O) groups excluding carboxylic acids is 1. The largest absolute Gasteiger partial charge is 0.397 e. The third kappa shape index (κ3) is 2.32. The van der Waals surface area contributed by atoms with Crippen molar-refractivity contribution < 1.29 is 9.18 Å². The van der Waals surface area contributed by atoms with Gasteiger partial charge in [-0.25, -0.2) is 4.39 Å². The molecule has 1 aliphatic rings. The lowest BCUT2D eigenvalue weighted by Crippen LogP contribution is -2.21. The zero-order valence-corrected chi connectivity index (χ0v) is 9.00. The van der Waals surface area contributed by atoms with Crippen LogP contribution in [0, 0.1) is 11.7 Å². The van der Waals surface area contributed by atoms with Gasteiger partial charge in [-0.15, -0.1) is 0 Å². The van der Waals surface area contributed by atoms with Gasteiger partial charge in [0.2, 0.25) is 5.91 Å². The molecule has 1 aromatic rings. The van der Waals surface area contributed by atoms with Crippen LogP contribution in [0.3, 0.4) is 0 Å². The Bertz CT molecular complexity index is 400. The number of rotatable bonds is 2. The molecule has 0 bridgehead atoms. The van der Waals surface area contributed by atoms with Crippen LogP contribution in [-0.2, 0) is 4.79 Å². The second-order valence-corrected chi connectivity index (χ2v) is 4.20. The minimum absolute atomic E-state index is 0.0465. The van der Waals surface area contributed by atoms with Gasteiger partial charge in [-0.1, -0.05) is 12.8 Å². The average molecular weight is 222 g/mol. The fourth-order valence-electron chi connectivity index (χ4n) is 2.06. The Morgan fingerprint density at radius 1 is 1.38 bits per heavy atom. The molecular formula is C12H15FN2O. The fraction of sp³-hybridized carbons (Fsp3) is 0.417. The van der Waals surface area contributed by atoms with Gasteiger partial charge in [0, 0.05) is 5.92 Å². The molecule has 3 nitrogen and oxygen atoms in total. The summed E-state index contributed by atoms with van der Waals surface area (Å²) in [7, 11) is 0. The molecule has 3 N–H and O–H groups in total. The van der Waals surface area contributed by atoms with E-state index in [2.05, 4.69) is 5.32 Å². The van der Waals surface area contributed by atoms with Gasteiger partial charge in [-0.3, -0.25) is 4.79 Å². The normalized spacial score (nSPS) is 16.3. The number of carbonyl (C=O) groups is 1. The highest BCUT2D eigenvalue weighted by molar-refractivity contribution is 5.95. The van der Waals surface area contributed by atoms with E-state index < -0.39 is 5.82 Å². The average Bonchev–Trinajstić information content (AvgIpc) is 2.76. The van der Waals surface area contributed by atoms with Gasteiger partial charge in [0.25, 0.3) is 0 Å². The number of anilines is 2. The first-order valence-corrected chi connectivity index (χ1v) is 5.52. The lowest BCUT2D eigenvalue weighted by molar-refractivity contribution is -0.119. The summed E-state index contributed by atoms with van der Waals surface area (Å²) in [6, 6.07) is 3.99. The fourth-order valence-corrected chi connectivity index (χ4v) is 2.06. The van der Waals surface area contributed by atoms with Crippen LogP contribution in [0.5, 0.6) is 0 Å². The Morgan fingerprint density at radius 2 is 2.06 bits per heavy atom. The first-order valence-electron chi connectivity index (χ1n) is 5.52. The van der Waals surface area contributed by atoms with Crippen molar-refractivity contribution >= 4 is 17.3 Å². The quantitative estimate of drug-likeness (QED) is 0.755. The van der Waals surface area contributed by atoms with Crippen LogP contribution < -0.4 is 11.1 Å². The number of nitrogens with two attached hydrogens (primary N) is 1. The van der Waals surface area contributed by atoms with Gasteiger partial charge in [0.05, 0.1) is 11.4 Å². The van der Waals surface area contributed by atoms with Crippen LogP contribution in [0.25, 0.3) is 0 Å². The van der Waals surface area contributed by atoms with Crippen LogP contribution >= 0.6 is 0 Å². The Kier molecular flexibility index (Phi) is 3.08. The van der Waals surface area contributed by atoms with E-state index in [4.69, 9.17) is 5.73 Å². The topological polar surface area (TPSA) is 55.1 Å². The molecule has 0 unspecified atom stereocenters. The van der Waals surface area contributed by atoms with Gasteiger partial charge in [-0.05, 0) is 31.0 Å². The maximum absolute atomic E-state index is 13.0. The summed E-state index contributed by atoms with van der Waals surface area (Å²) in [5.74, 6) is -0.381. The second kappa shape index (κ2) is 4.51. The minimum Gasteiger partial charge on any atom is -0.397 e. The molecular weight excluding hydrogens is 207 g/mol. The van der Waals surface area contributed by atoms with Crippen molar-refractivity contribution in [2.45, 2.75) is 25.7 Å². The van der Waals surface area contributed by atoms with E-state index >= 15 is 0 Å². The first kappa shape index (κ1) is 10.9. The number of hydrogen-bond donors (Lipinski definition) is 2. The molecule has 0 radical (unpaired) electrons. The van der Waals surface area contributed by atoms with Crippen LogP contribution in [-0.4, -0.2) is 5.91 Å². The summed E-state index contributed by atoms with van der Waals surface area (Å²) < 4.78 is 13.0. The minimum atomic E-state index is -0.393. The van der Waals surface area contributed by atoms with Crippen molar-refractivity contribution in [3.8, 4) is 0 Å². The summed E-state index contributed by atoms with van der Waals surface area (Å²) in [5.41, 5.74) is 6.42. The van der Waals surface area contributed by atoms with Crippen LogP contribution in [0.2, 0.25) is 0 Å². The van der Waals surface area contributed by atoms with E-state index in [1.165, 1.54) is 18.2 Å². The van der Waals surface area contributed by atoms with E-state index in [0.29, 0.717) is 11.4 Å². The molecule has 2 rings (SSSR count). The number of benzene rings is 1. The number of amides is 1. The highest BCUT2D eigenvalue weighted by atomic mass is 19.1. The van der Waals surface area contributed by atoms with E-state index in [0.717, 1.165) is 25.7 Å².